The fourth-order valence-electron chi connectivity index (χ4n) is 2.29. The van der Waals surface area contributed by atoms with Crippen LogP contribution < -0.4 is 10.6 Å². The molecule has 3 rings (SSSR count). The lowest BCUT2D eigenvalue weighted by Gasteiger charge is -2.14. The van der Waals surface area contributed by atoms with Crippen LogP contribution in [0.3, 0.4) is 0 Å². The summed E-state index contributed by atoms with van der Waals surface area (Å²) in [6.07, 6.45) is 4.10. The number of hydrogen-bond donors (Lipinski definition) is 3. The van der Waals surface area contributed by atoms with E-state index in [4.69, 9.17) is 9.15 Å². The highest BCUT2D eigenvalue weighted by molar-refractivity contribution is 14.0. The molecule has 1 fully saturated rings. The van der Waals surface area contributed by atoms with Crippen LogP contribution in [0.2, 0.25) is 0 Å². The Balaban J connectivity index is 0.00000192. The smallest absolute Gasteiger partial charge is 0.216 e. The molecule has 23 heavy (non-hydrogen) atoms. The molecule has 0 radical (unpaired) electrons. The molecule has 9 heteroatoms. The van der Waals surface area contributed by atoms with Gasteiger partial charge in [-0.1, -0.05) is 0 Å². The number of aromatic amines is 1. The van der Waals surface area contributed by atoms with Crippen molar-refractivity contribution >= 4 is 29.9 Å². The molecule has 0 bridgehead atoms. The third-order valence-electron chi connectivity index (χ3n) is 3.44. The lowest BCUT2D eigenvalue weighted by Crippen LogP contribution is -2.40. The molecule has 3 heterocycles. The zero-order valence-electron chi connectivity index (χ0n) is 12.9. The second-order valence-corrected chi connectivity index (χ2v) is 5.02. The number of H-pyrrole nitrogens is 1. The van der Waals surface area contributed by atoms with E-state index in [1.807, 2.05) is 6.07 Å². The number of nitrogens with zero attached hydrogens (tertiary/aromatic N) is 3. The van der Waals surface area contributed by atoms with E-state index in [1.54, 1.807) is 19.4 Å². The molecule has 1 unspecified atom stereocenters. The molecule has 0 aliphatic carbocycles. The van der Waals surface area contributed by atoms with Crippen molar-refractivity contribution in [2.24, 2.45) is 4.99 Å². The predicted molar refractivity (Wildman–Crippen MR) is 96.7 cm³/mol. The first kappa shape index (κ1) is 17.7. The summed E-state index contributed by atoms with van der Waals surface area (Å²) in [5, 5.41) is 13.4. The number of ether oxygens (including phenoxy) is 1. The van der Waals surface area contributed by atoms with E-state index in [0.717, 1.165) is 26.0 Å². The van der Waals surface area contributed by atoms with Crippen molar-refractivity contribution in [3.05, 3.63) is 24.2 Å². The van der Waals surface area contributed by atoms with E-state index in [1.165, 1.54) is 0 Å². The van der Waals surface area contributed by atoms with Crippen molar-refractivity contribution in [2.75, 3.05) is 20.2 Å². The topological polar surface area (TPSA) is 100 Å². The minimum absolute atomic E-state index is 0. The third kappa shape index (κ3) is 4.93. The second kappa shape index (κ2) is 8.87. The Labute approximate surface area is 151 Å². The molecule has 0 aromatic carbocycles. The number of rotatable bonds is 5. The number of hydrogen-bond acceptors (Lipinski definition) is 5. The Morgan fingerprint density at radius 2 is 2.39 bits per heavy atom. The van der Waals surface area contributed by atoms with Crippen LogP contribution in [-0.2, 0) is 11.3 Å². The molecule has 0 amide bonds. The van der Waals surface area contributed by atoms with E-state index in [9.17, 15) is 0 Å². The molecule has 2 aromatic heterocycles. The van der Waals surface area contributed by atoms with Gasteiger partial charge in [-0.2, -0.15) is 0 Å². The Morgan fingerprint density at radius 3 is 3.09 bits per heavy atom. The molecular formula is C14H21IN6O2. The number of aromatic nitrogens is 3. The zero-order chi connectivity index (χ0) is 15.2. The number of halogens is 1. The van der Waals surface area contributed by atoms with Gasteiger partial charge in [-0.3, -0.25) is 10.1 Å². The van der Waals surface area contributed by atoms with E-state index in [0.29, 0.717) is 29.9 Å². The molecule has 2 aromatic rings. The van der Waals surface area contributed by atoms with Crippen LogP contribution in [0.15, 0.2) is 27.8 Å². The van der Waals surface area contributed by atoms with Gasteiger partial charge in [0.25, 0.3) is 0 Å². The van der Waals surface area contributed by atoms with Gasteiger partial charge in [-0.15, -0.1) is 29.1 Å². The maximum Gasteiger partial charge on any atom is 0.216 e. The predicted octanol–water partition coefficient (Wildman–Crippen LogP) is 1.53. The summed E-state index contributed by atoms with van der Waals surface area (Å²) in [6.45, 7) is 2.11. The molecule has 1 aliphatic heterocycles. The van der Waals surface area contributed by atoms with Crippen LogP contribution in [-0.4, -0.2) is 47.4 Å². The largest absolute Gasteiger partial charge is 0.461 e. The average Bonchev–Trinajstić information content (AvgIpc) is 3.29. The fourth-order valence-corrected chi connectivity index (χ4v) is 2.29. The van der Waals surface area contributed by atoms with Crippen LogP contribution in [0, 0.1) is 0 Å². The standard InChI is InChI=1S/C14H20N6O2.HI/c1-15-14(16-8-10-4-2-6-21-10)17-9-12-18-13(20-19-12)11-5-3-7-22-11;/h3,5,7,10H,2,4,6,8-9H2,1H3,(H2,15,16,17)(H,18,19,20);1H. The van der Waals surface area contributed by atoms with Gasteiger partial charge < -0.3 is 19.8 Å². The summed E-state index contributed by atoms with van der Waals surface area (Å²) in [4.78, 5) is 8.55. The van der Waals surface area contributed by atoms with Crippen molar-refractivity contribution in [3.63, 3.8) is 0 Å². The van der Waals surface area contributed by atoms with Gasteiger partial charge in [-0.25, -0.2) is 4.98 Å². The zero-order valence-corrected chi connectivity index (χ0v) is 15.2. The Morgan fingerprint density at radius 1 is 1.48 bits per heavy atom. The second-order valence-electron chi connectivity index (χ2n) is 5.02. The van der Waals surface area contributed by atoms with Crippen molar-refractivity contribution in [1.29, 1.82) is 0 Å². The maximum atomic E-state index is 5.57. The van der Waals surface area contributed by atoms with Gasteiger partial charge in [-0.05, 0) is 25.0 Å². The van der Waals surface area contributed by atoms with Gasteiger partial charge in [0.15, 0.2) is 11.7 Å². The Bertz CT molecular complexity index is 607. The van der Waals surface area contributed by atoms with Gasteiger partial charge in [0.05, 0.1) is 18.9 Å². The first-order valence-electron chi connectivity index (χ1n) is 7.36. The molecule has 0 saturated carbocycles. The van der Waals surface area contributed by atoms with Crippen LogP contribution in [0.25, 0.3) is 11.6 Å². The average molecular weight is 432 g/mol. The summed E-state index contributed by atoms with van der Waals surface area (Å²) in [5.41, 5.74) is 0. The lowest BCUT2D eigenvalue weighted by atomic mass is 10.2. The van der Waals surface area contributed by atoms with Crippen LogP contribution in [0.5, 0.6) is 0 Å². The van der Waals surface area contributed by atoms with Crippen LogP contribution >= 0.6 is 24.0 Å². The van der Waals surface area contributed by atoms with Gasteiger partial charge in [0.2, 0.25) is 5.82 Å². The molecule has 8 nitrogen and oxygen atoms in total. The quantitative estimate of drug-likeness (QED) is 0.377. The minimum Gasteiger partial charge on any atom is -0.461 e. The monoisotopic (exact) mass is 432 g/mol. The lowest BCUT2D eigenvalue weighted by molar-refractivity contribution is 0.114. The van der Waals surface area contributed by atoms with Crippen molar-refractivity contribution in [1.82, 2.24) is 25.8 Å². The van der Waals surface area contributed by atoms with E-state index in [-0.39, 0.29) is 30.1 Å². The number of furan rings is 1. The Hall–Kier alpha value is -1.62. The minimum atomic E-state index is 0. The summed E-state index contributed by atoms with van der Waals surface area (Å²) in [7, 11) is 1.74. The highest BCUT2D eigenvalue weighted by atomic mass is 127. The molecule has 1 atom stereocenters. The van der Waals surface area contributed by atoms with E-state index < -0.39 is 0 Å². The van der Waals surface area contributed by atoms with Gasteiger partial charge in [0.1, 0.15) is 5.82 Å². The van der Waals surface area contributed by atoms with E-state index >= 15 is 0 Å². The summed E-state index contributed by atoms with van der Waals surface area (Å²) >= 11 is 0. The van der Waals surface area contributed by atoms with E-state index in [2.05, 4.69) is 30.8 Å². The highest BCUT2D eigenvalue weighted by Gasteiger charge is 2.15. The molecule has 3 N–H and O–H groups in total. The van der Waals surface area contributed by atoms with Crippen LogP contribution in [0.1, 0.15) is 18.7 Å². The van der Waals surface area contributed by atoms with Crippen molar-refractivity contribution in [2.45, 2.75) is 25.5 Å². The summed E-state index contributed by atoms with van der Waals surface area (Å²) < 4.78 is 10.8. The maximum absolute atomic E-state index is 5.57. The van der Waals surface area contributed by atoms with Gasteiger partial charge >= 0.3 is 0 Å². The number of nitrogens with one attached hydrogen (secondary N) is 3. The summed E-state index contributed by atoms with van der Waals surface area (Å²) in [6, 6.07) is 3.63. The first-order chi connectivity index (χ1) is 10.8. The van der Waals surface area contributed by atoms with Crippen molar-refractivity contribution < 1.29 is 9.15 Å². The molecular weight excluding hydrogens is 411 g/mol. The first-order valence-corrected chi connectivity index (χ1v) is 7.36. The Kier molecular flexibility index (Phi) is 6.84. The molecule has 126 valence electrons. The number of guanidine groups is 1. The van der Waals surface area contributed by atoms with Gasteiger partial charge in [0, 0.05) is 20.2 Å². The highest BCUT2D eigenvalue weighted by Crippen LogP contribution is 2.14. The van der Waals surface area contributed by atoms with Crippen molar-refractivity contribution in [3.8, 4) is 11.6 Å². The number of aliphatic imine (C=N–C) groups is 1. The molecule has 1 aliphatic rings. The normalized spacial score (nSPS) is 17.8. The SMILES string of the molecule is CN=C(NCc1nc(-c2ccco2)n[nH]1)NCC1CCCO1.I. The molecule has 0 spiro atoms. The third-order valence-corrected chi connectivity index (χ3v) is 3.44. The van der Waals surface area contributed by atoms with Crippen LogP contribution in [0.4, 0.5) is 0 Å². The fraction of sp³-hybridized carbons (Fsp3) is 0.500. The summed E-state index contributed by atoms with van der Waals surface area (Å²) in [5.74, 6) is 2.62. The molecule has 1 saturated heterocycles.